The smallest absolute Gasteiger partial charge is 0.194 e. The Morgan fingerprint density at radius 3 is 3.06 bits per heavy atom. The fourth-order valence-electron chi connectivity index (χ4n) is 2.67. The molecule has 98 valence electrons. The van der Waals surface area contributed by atoms with Crippen molar-refractivity contribution in [2.24, 2.45) is 10.4 Å². The summed E-state index contributed by atoms with van der Waals surface area (Å²) in [7, 11) is 0. The fraction of sp³-hybridized carbons (Fsp3) is 0.917. The minimum atomic E-state index is 0.108. The van der Waals surface area contributed by atoms with Gasteiger partial charge in [-0.2, -0.15) is 0 Å². The molecule has 1 unspecified atom stereocenters. The van der Waals surface area contributed by atoms with Crippen molar-refractivity contribution >= 4 is 5.96 Å². The third-order valence-electron chi connectivity index (χ3n) is 3.62. The lowest BCUT2D eigenvalue weighted by atomic mass is 9.87. The summed E-state index contributed by atoms with van der Waals surface area (Å²) in [5.41, 5.74) is 0.357. The van der Waals surface area contributed by atoms with Crippen molar-refractivity contribution in [1.29, 1.82) is 0 Å². The van der Waals surface area contributed by atoms with Crippen LogP contribution in [0.4, 0.5) is 0 Å². The van der Waals surface area contributed by atoms with Crippen molar-refractivity contribution in [3.8, 4) is 0 Å². The van der Waals surface area contributed by atoms with Gasteiger partial charge in [0.05, 0.1) is 19.8 Å². The predicted octanol–water partition coefficient (Wildman–Crippen LogP) is 0.0566. The fourth-order valence-corrected chi connectivity index (χ4v) is 2.67. The number of aliphatic imine (C=N–C) groups is 1. The third-order valence-corrected chi connectivity index (χ3v) is 3.62. The molecule has 0 amide bonds. The molecule has 1 spiro atoms. The van der Waals surface area contributed by atoms with Crippen LogP contribution < -0.4 is 5.32 Å². The summed E-state index contributed by atoms with van der Waals surface area (Å²) in [5, 5.41) is 12.1. The monoisotopic (exact) mass is 241 g/mol. The number of aliphatic hydroxyl groups is 1. The van der Waals surface area contributed by atoms with E-state index in [9.17, 15) is 0 Å². The van der Waals surface area contributed by atoms with Gasteiger partial charge in [0.15, 0.2) is 5.96 Å². The molecule has 5 nitrogen and oxygen atoms in total. The molecule has 5 heteroatoms. The summed E-state index contributed by atoms with van der Waals surface area (Å²) in [4.78, 5) is 6.71. The third kappa shape index (κ3) is 2.90. The molecule has 2 aliphatic heterocycles. The van der Waals surface area contributed by atoms with Crippen molar-refractivity contribution in [3.63, 3.8) is 0 Å². The Kier molecular flexibility index (Phi) is 4.23. The molecule has 2 rings (SSSR count). The molecule has 2 aliphatic rings. The Balaban J connectivity index is 1.96. The number of hydrogen-bond acceptors (Lipinski definition) is 3. The van der Waals surface area contributed by atoms with Crippen molar-refractivity contribution in [2.45, 2.75) is 19.8 Å². The van der Waals surface area contributed by atoms with Gasteiger partial charge in [0, 0.05) is 31.7 Å². The standard InChI is InChI=1S/C12H23N3O2/c1-2-13-11(14-5-7-16)15-6-3-12(9-15)4-8-17-10-12/h16H,2-10H2,1H3,(H,13,14). The molecule has 0 bridgehead atoms. The Morgan fingerprint density at radius 2 is 2.41 bits per heavy atom. The van der Waals surface area contributed by atoms with Crippen LogP contribution in [0.15, 0.2) is 4.99 Å². The second kappa shape index (κ2) is 5.69. The normalized spacial score (nSPS) is 29.3. The lowest BCUT2D eigenvalue weighted by Crippen LogP contribution is -2.41. The highest BCUT2D eigenvalue weighted by Crippen LogP contribution is 2.38. The molecule has 2 fully saturated rings. The molecule has 17 heavy (non-hydrogen) atoms. The topological polar surface area (TPSA) is 57.1 Å². The van der Waals surface area contributed by atoms with Gasteiger partial charge in [-0.3, -0.25) is 4.99 Å². The van der Waals surface area contributed by atoms with Gasteiger partial charge in [-0.05, 0) is 19.8 Å². The van der Waals surface area contributed by atoms with E-state index in [1.54, 1.807) is 0 Å². The molecule has 0 saturated carbocycles. The van der Waals surface area contributed by atoms with E-state index in [4.69, 9.17) is 9.84 Å². The minimum Gasteiger partial charge on any atom is -0.394 e. The van der Waals surface area contributed by atoms with Crippen LogP contribution in [0.3, 0.4) is 0 Å². The first-order valence-corrected chi connectivity index (χ1v) is 6.51. The zero-order valence-electron chi connectivity index (χ0n) is 10.6. The average Bonchev–Trinajstić information content (AvgIpc) is 2.96. The van der Waals surface area contributed by atoms with E-state index in [0.717, 1.165) is 38.8 Å². The van der Waals surface area contributed by atoms with Crippen LogP contribution in [-0.2, 0) is 4.74 Å². The minimum absolute atomic E-state index is 0.108. The molecule has 0 aliphatic carbocycles. The van der Waals surface area contributed by atoms with E-state index in [1.165, 1.54) is 12.8 Å². The van der Waals surface area contributed by atoms with E-state index in [1.807, 2.05) is 0 Å². The van der Waals surface area contributed by atoms with Crippen molar-refractivity contribution in [1.82, 2.24) is 10.2 Å². The van der Waals surface area contributed by atoms with Gasteiger partial charge in [-0.15, -0.1) is 0 Å². The van der Waals surface area contributed by atoms with E-state index in [-0.39, 0.29) is 6.61 Å². The second-order valence-electron chi connectivity index (χ2n) is 4.93. The Hall–Kier alpha value is -0.810. The molecule has 1 atom stereocenters. The molecule has 2 saturated heterocycles. The summed E-state index contributed by atoms with van der Waals surface area (Å²) < 4.78 is 5.52. The van der Waals surface area contributed by atoms with Gasteiger partial charge in [0.2, 0.25) is 0 Å². The summed E-state index contributed by atoms with van der Waals surface area (Å²) in [6.45, 7) is 7.38. The SMILES string of the molecule is CCNC(=NCCO)N1CCC2(CCOC2)C1. The number of nitrogens with zero attached hydrogens (tertiary/aromatic N) is 2. The molecular weight excluding hydrogens is 218 g/mol. The summed E-state index contributed by atoms with van der Waals surface area (Å²) in [5.74, 6) is 0.935. The lowest BCUT2D eigenvalue weighted by Gasteiger charge is -2.24. The van der Waals surface area contributed by atoms with E-state index in [0.29, 0.717) is 12.0 Å². The largest absolute Gasteiger partial charge is 0.394 e. The number of guanidine groups is 1. The van der Waals surface area contributed by atoms with Crippen molar-refractivity contribution < 1.29 is 9.84 Å². The number of hydrogen-bond donors (Lipinski definition) is 2. The summed E-state index contributed by atoms with van der Waals surface area (Å²) >= 11 is 0. The first-order chi connectivity index (χ1) is 8.29. The Morgan fingerprint density at radius 1 is 1.53 bits per heavy atom. The van der Waals surface area contributed by atoms with Crippen LogP contribution in [-0.4, -0.2) is 62.0 Å². The number of nitrogens with one attached hydrogen (secondary N) is 1. The molecular formula is C12H23N3O2. The average molecular weight is 241 g/mol. The highest BCUT2D eigenvalue weighted by atomic mass is 16.5. The lowest BCUT2D eigenvalue weighted by molar-refractivity contribution is 0.156. The Bertz CT molecular complexity index is 275. The number of likely N-dealkylation sites (tertiary alicyclic amines) is 1. The maximum atomic E-state index is 8.86. The van der Waals surface area contributed by atoms with Crippen molar-refractivity contribution in [2.75, 3.05) is 46.0 Å². The summed E-state index contributed by atoms with van der Waals surface area (Å²) in [6, 6.07) is 0. The van der Waals surface area contributed by atoms with Gasteiger partial charge < -0.3 is 20.1 Å². The van der Waals surface area contributed by atoms with E-state index < -0.39 is 0 Å². The van der Waals surface area contributed by atoms with Gasteiger partial charge in [0.25, 0.3) is 0 Å². The van der Waals surface area contributed by atoms with E-state index in [2.05, 4.69) is 22.1 Å². The van der Waals surface area contributed by atoms with Crippen molar-refractivity contribution in [3.05, 3.63) is 0 Å². The molecule has 2 heterocycles. The van der Waals surface area contributed by atoms with Crippen LogP contribution >= 0.6 is 0 Å². The molecule has 0 aromatic carbocycles. The first kappa shape index (κ1) is 12.6. The number of rotatable bonds is 3. The van der Waals surface area contributed by atoms with Gasteiger partial charge in [0.1, 0.15) is 0 Å². The maximum absolute atomic E-state index is 8.86. The van der Waals surface area contributed by atoms with Crippen LogP contribution in [0.25, 0.3) is 0 Å². The second-order valence-corrected chi connectivity index (χ2v) is 4.93. The predicted molar refractivity (Wildman–Crippen MR) is 67.1 cm³/mol. The highest BCUT2D eigenvalue weighted by Gasteiger charge is 2.42. The van der Waals surface area contributed by atoms with Gasteiger partial charge >= 0.3 is 0 Å². The van der Waals surface area contributed by atoms with Crippen LogP contribution in [0.5, 0.6) is 0 Å². The quantitative estimate of drug-likeness (QED) is 0.542. The zero-order chi connectivity index (χ0) is 12.1. The maximum Gasteiger partial charge on any atom is 0.194 e. The molecule has 0 radical (unpaired) electrons. The van der Waals surface area contributed by atoms with E-state index >= 15 is 0 Å². The number of aliphatic hydroxyl groups excluding tert-OH is 1. The summed E-state index contributed by atoms with van der Waals surface area (Å²) in [6.07, 6.45) is 2.36. The first-order valence-electron chi connectivity index (χ1n) is 6.51. The Labute approximate surface area is 103 Å². The molecule has 0 aromatic heterocycles. The van der Waals surface area contributed by atoms with Gasteiger partial charge in [-0.1, -0.05) is 0 Å². The zero-order valence-corrected chi connectivity index (χ0v) is 10.6. The van der Waals surface area contributed by atoms with Gasteiger partial charge in [-0.25, -0.2) is 0 Å². The highest BCUT2D eigenvalue weighted by molar-refractivity contribution is 5.80. The molecule has 2 N–H and O–H groups in total. The van der Waals surface area contributed by atoms with Crippen LogP contribution in [0.2, 0.25) is 0 Å². The van der Waals surface area contributed by atoms with Crippen LogP contribution in [0.1, 0.15) is 19.8 Å². The molecule has 0 aromatic rings. The number of ether oxygens (including phenoxy) is 1. The van der Waals surface area contributed by atoms with Crippen LogP contribution in [0, 0.1) is 5.41 Å².